The Morgan fingerprint density at radius 2 is 1.72 bits per heavy atom. The van der Waals surface area contributed by atoms with E-state index < -0.39 is 10.0 Å². The number of hydrogen-bond donors (Lipinski definition) is 1. The molecule has 8 nitrogen and oxygen atoms in total. The van der Waals surface area contributed by atoms with E-state index in [-0.39, 0.29) is 17.2 Å². The van der Waals surface area contributed by atoms with Gasteiger partial charge in [0.15, 0.2) is 0 Å². The van der Waals surface area contributed by atoms with Gasteiger partial charge in [-0.2, -0.15) is 4.31 Å². The van der Waals surface area contributed by atoms with Gasteiger partial charge in [-0.25, -0.2) is 8.42 Å². The largest absolute Gasteiger partial charge is 0.497 e. The molecule has 1 saturated heterocycles. The van der Waals surface area contributed by atoms with Crippen molar-refractivity contribution in [2.24, 2.45) is 0 Å². The van der Waals surface area contributed by atoms with E-state index in [1.807, 2.05) is 24.3 Å². The minimum absolute atomic E-state index is 0.186. The minimum atomic E-state index is -3.58. The second-order valence-corrected chi connectivity index (χ2v) is 9.48. The number of anilines is 1. The predicted molar refractivity (Wildman–Crippen MR) is 124 cm³/mol. The van der Waals surface area contributed by atoms with E-state index in [1.54, 1.807) is 25.3 Å². The van der Waals surface area contributed by atoms with E-state index in [1.165, 1.54) is 10.4 Å². The lowest BCUT2D eigenvalue weighted by atomic mass is 10.2. The molecule has 1 fully saturated rings. The van der Waals surface area contributed by atoms with Crippen LogP contribution in [0, 0.1) is 0 Å². The number of piperazine rings is 1. The van der Waals surface area contributed by atoms with Crippen LogP contribution in [0.1, 0.15) is 19.8 Å². The van der Waals surface area contributed by atoms with Gasteiger partial charge in [-0.3, -0.25) is 4.79 Å². The summed E-state index contributed by atoms with van der Waals surface area (Å²) in [6, 6.07) is 13.7. The molecule has 1 amide bonds. The molecule has 9 heteroatoms. The van der Waals surface area contributed by atoms with Crippen molar-refractivity contribution in [3.63, 3.8) is 0 Å². The fourth-order valence-electron chi connectivity index (χ4n) is 3.49. The maximum Gasteiger partial charge on any atom is 0.243 e. The molecule has 1 N–H and O–H groups in total. The number of carbonyl (C=O) groups excluding carboxylic acids is 1. The molecule has 0 atom stereocenters. The number of nitrogens with one attached hydrogen (secondary N) is 1. The maximum atomic E-state index is 13.0. The Kier molecular flexibility index (Phi) is 8.49. The van der Waals surface area contributed by atoms with Gasteiger partial charge >= 0.3 is 0 Å². The highest BCUT2D eigenvalue weighted by Crippen LogP contribution is 2.21. The van der Waals surface area contributed by atoms with Crippen LogP contribution in [-0.4, -0.2) is 70.0 Å². The second-order valence-electron chi connectivity index (χ2n) is 7.54. The van der Waals surface area contributed by atoms with E-state index in [4.69, 9.17) is 9.47 Å². The molecule has 1 aliphatic rings. The van der Waals surface area contributed by atoms with Crippen LogP contribution >= 0.6 is 0 Å². The van der Waals surface area contributed by atoms with E-state index in [0.29, 0.717) is 37.6 Å². The summed E-state index contributed by atoms with van der Waals surface area (Å²) < 4.78 is 38.2. The number of sulfonamides is 1. The maximum absolute atomic E-state index is 13.0. The molecule has 0 spiro atoms. The smallest absolute Gasteiger partial charge is 0.243 e. The molecule has 1 aliphatic heterocycles. The Hall–Kier alpha value is -2.62. The van der Waals surface area contributed by atoms with Crippen LogP contribution in [0.4, 0.5) is 5.69 Å². The highest BCUT2D eigenvalue weighted by molar-refractivity contribution is 7.89. The topological polar surface area (TPSA) is 88.2 Å². The molecule has 32 heavy (non-hydrogen) atoms. The summed E-state index contributed by atoms with van der Waals surface area (Å²) in [5.41, 5.74) is 0.472. The lowest BCUT2D eigenvalue weighted by Gasteiger charge is -2.33. The van der Waals surface area contributed by atoms with E-state index in [9.17, 15) is 13.2 Å². The summed E-state index contributed by atoms with van der Waals surface area (Å²) in [5, 5.41) is 2.79. The van der Waals surface area contributed by atoms with Crippen molar-refractivity contribution in [3.8, 4) is 11.5 Å². The van der Waals surface area contributed by atoms with Crippen LogP contribution < -0.4 is 14.8 Å². The SMILES string of the molecule is CCN1CCN(S(=O)(=O)c2cccc(NC(=O)CCCOc3ccc(OC)cc3)c2)CC1. The highest BCUT2D eigenvalue weighted by atomic mass is 32.2. The number of nitrogens with zero attached hydrogens (tertiary/aromatic N) is 2. The molecule has 0 unspecified atom stereocenters. The molecule has 3 rings (SSSR count). The molecule has 0 radical (unpaired) electrons. The van der Waals surface area contributed by atoms with Gasteiger partial charge in [-0.1, -0.05) is 13.0 Å². The summed E-state index contributed by atoms with van der Waals surface area (Å²) in [4.78, 5) is 14.7. The Morgan fingerprint density at radius 3 is 2.38 bits per heavy atom. The Morgan fingerprint density at radius 1 is 1.03 bits per heavy atom. The number of rotatable bonds is 10. The van der Waals surface area contributed by atoms with E-state index in [2.05, 4.69) is 17.1 Å². The first-order valence-electron chi connectivity index (χ1n) is 10.8. The molecule has 0 aromatic heterocycles. The molecule has 2 aromatic rings. The zero-order valence-electron chi connectivity index (χ0n) is 18.6. The highest BCUT2D eigenvalue weighted by Gasteiger charge is 2.28. The van der Waals surface area contributed by atoms with Crippen molar-refractivity contribution in [1.29, 1.82) is 0 Å². The second kappa shape index (κ2) is 11.3. The van der Waals surface area contributed by atoms with Gasteiger partial charge in [-0.05, 0) is 55.4 Å². The van der Waals surface area contributed by atoms with Gasteiger partial charge in [0.25, 0.3) is 0 Å². The molecular weight excluding hydrogens is 430 g/mol. The molecule has 0 saturated carbocycles. The number of likely N-dealkylation sites (N-methyl/N-ethyl adjacent to an activating group) is 1. The summed E-state index contributed by atoms with van der Waals surface area (Å²) in [6.45, 7) is 5.79. The van der Waals surface area contributed by atoms with Crippen molar-refractivity contribution in [2.75, 3.05) is 51.8 Å². The number of hydrogen-bond acceptors (Lipinski definition) is 6. The third kappa shape index (κ3) is 6.44. The molecule has 2 aromatic carbocycles. The van der Waals surface area contributed by atoms with Gasteiger partial charge in [0.1, 0.15) is 11.5 Å². The van der Waals surface area contributed by atoms with Crippen LogP contribution in [0.2, 0.25) is 0 Å². The predicted octanol–water partition coefficient (Wildman–Crippen LogP) is 2.82. The quantitative estimate of drug-likeness (QED) is 0.548. The zero-order chi connectivity index (χ0) is 23.0. The van der Waals surface area contributed by atoms with Gasteiger partial charge in [-0.15, -0.1) is 0 Å². The lowest BCUT2D eigenvalue weighted by molar-refractivity contribution is -0.116. The first kappa shape index (κ1) is 24.0. The van der Waals surface area contributed by atoms with Gasteiger partial charge in [0.2, 0.25) is 15.9 Å². The van der Waals surface area contributed by atoms with Gasteiger partial charge in [0.05, 0.1) is 18.6 Å². The zero-order valence-corrected chi connectivity index (χ0v) is 19.4. The van der Waals surface area contributed by atoms with Crippen molar-refractivity contribution >= 4 is 21.6 Å². The minimum Gasteiger partial charge on any atom is -0.497 e. The normalized spacial score (nSPS) is 15.3. The Balaban J connectivity index is 1.48. The molecular formula is C23H31N3O5S. The summed E-state index contributed by atoms with van der Waals surface area (Å²) in [7, 11) is -1.98. The monoisotopic (exact) mass is 461 g/mol. The number of amides is 1. The number of benzene rings is 2. The van der Waals surface area contributed by atoms with Crippen molar-refractivity contribution in [3.05, 3.63) is 48.5 Å². The molecule has 0 bridgehead atoms. The third-order valence-corrected chi connectivity index (χ3v) is 7.31. The van der Waals surface area contributed by atoms with Crippen molar-refractivity contribution in [2.45, 2.75) is 24.7 Å². The molecule has 174 valence electrons. The number of methoxy groups -OCH3 is 1. The first-order valence-corrected chi connectivity index (χ1v) is 12.3. The van der Waals surface area contributed by atoms with Crippen LogP contribution in [0.3, 0.4) is 0 Å². The molecule has 0 aliphatic carbocycles. The summed E-state index contributed by atoms with van der Waals surface area (Å²) in [6.07, 6.45) is 0.809. The Labute approximate surface area is 190 Å². The van der Waals surface area contributed by atoms with Gasteiger partial charge in [0, 0.05) is 38.3 Å². The van der Waals surface area contributed by atoms with E-state index in [0.717, 1.165) is 25.4 Å². The van der Waals surface area contributed by atoms with Crippen LogP contribution in [-0.2, 0) is 14.8 Å². The molecule has 1 heterocycles. The van der Waals surface area contributed by atoms with Crippen LogP contribution in [0.15, 0.2) is 53.4 Å². The summed E-state index contributed by atoms with van der Waals surface area (Å²) in [5.74, 6) is 1.28. The fraction of sp³-hybridized carbons (Fsp3) is 0.435. The van der Waals surface area contributed by atoms with Crippen LogP contribution in [0.25, 0.3) is 0 Å². The van der Waals surface area contributed by atoms with Crippen LogP contribution in [0.5, 0.6) is 11.5 Å². The third-order valence-electron chi connectivity index (χ3n) is 5.41. The fourth-order valence-corrected chi connectivity index (χ4v) is 4.96. The average molecular weight is 462 g/mol. The first-order chi connectivity index (χ1) is 15.4. The average Bonchev–Trinajstić information content (AvgIpc) is 2.82. The summed E-state index contributed by atoms with van der Waals surface area (Å²) >= 11 is 0. The number of ether oxygens (including phenoxy) is 2. The standard InChI is InChI=1S/C23H31N3O5S/c1-3-25-13-15-26(16-14-25)32(28,29)22-7-4-6-19(18-22)24-23(27)8-5-17-31-21-11-9-20(30-2)10-12-21/h4,6-7,9-12,18H,3,5,8,13-17H2,1-2H3,(H,24,27). The Bertz CT molecular complexity index is 987. The van der Waals surface area contributed by atoms with E-state index >= 15 is 0 Å². The van der Waals surface area contributed by atoms with Gasteiger partial charge < -0.3 is 19.7 Å². The van der Waals surface area contributed by atoms with Crippen molar-refractivity contribution < 1.29 is 22.7 Å². The van der Waals surface area contributed by atoms with Crippen molar-refractivity contribution in [1.82, 2.24) is 9.21 Å². The number of carbonyl (C=O) groups is 1. The lowest BCUT2D eigenvalue weighted by Crippen LogP contribution is -2.48.